The maximum Gasteiger partial charge on any atom is 0.262 e. The Morgan fingerprint density at radius 3 is 2.72 bits per heavy atom. The molecule has 29 heavy (non-hydrogen) atoms. The van der Waals surface area contributed by atoms with Crippen molar-refractivity contribution in [2.75, 3.05) is 12.3 Å². The third-order valence-electron chi connectivity index (χ3n) is 5.11. The molecule has 0 N–H and O–H groups in total. The van der Waals surface area contributed by atoms with Crippen LogP contribution in [0.4, 0.5) is 0 Å². The second kappa shape index (κ2) is 7.98. The maximum atomic E-state index is 13.0. The third kappa shape index (κ3) is 3.66. The lowest BCUT2D eigenvalue weighted by Gasteiger charge is -2.13. The number of hydrogen-bond donors (Lipinski definition) is 0. The van der Waals surface area contributed by atoms with Gasteiger partial charge in [0.2, 0.25) is 17.6 Å². The lowest BCUT2D eigenvalue weighted by molar-refractivity contribution is -0.140. The summed E-state index contributed by atoms with van der Waals surface area (Å²) in [7, 11) is 0. The van der Waals surface area contributed by atoms with Crippen molar-refractivity contribution in [2.45, 2.75) is 44.8 Å². The van der Waals surface area contributed by atoms with Crippen LogP contribution >= 0.6 is 11.8 Å². The fourth-order valence-electron chi connectivity index (χ4n) is 3.53. The molecule has 0 aliphatic carbocycles. The number of fused-ring (bicyclic) bond motifs is 3. The summed E-state index contributed by atoms with van der Waals surface area (Å²) in [5, 5.41) is 9.64. The number of aryl methyl sites for hydroxylation is 1. The molecule has 1 aliphatic heterocycles. The summed E-state index contributed by atoms with van der Waals surface area (Å²) in [6.45, 7) is 5.25. The van der Waals surface area contributed by atoms with Gasteiger partial charge in [-0.1, -0.05) is 37.7 Å². The lowest BCUT2D eigenvalue weighted by atomic mass is 10.1. The Labute approximate surface area is 171 Å². The minimum Gasteiger partial charge on any atom is -0.282 e. The van der Waals surface area contributed by atoms with Gasteiger partial charge < -0.3 is 0 Å². The summed E-state index contributed by atoms with van der Waals surface area (Å²) >= 11 is 1.24. The highest BCUT2D eigenvalue weighted by Gasteiger charge is 2.27. The van der Waals surface area contributed by atoms with Gasteiger partial charge in [-0.15, -0.1) is 10.2 Å². The van der Waals surface area contributed by atoms with Gasteiger partial charge in [-0.25, -0.2) is 0 Å². The molecule has 2 aromatic heterocycles. The van der Waals surface area contributed by atoms with Crippen molar-refractivity contribution in [1.82, 2.24) is 24.1 Å². The molecule has 8 nitrogen and oxygen atoms in total. The minimum absolute atomic E-state index is 0.0866. The molecule has 0 bridgehead atoms. The van der Waals surface area contributed by atoms with Crippen LogP contribution in [0.2, 0.25) is 0 Å². The highest BCUT2D eigenvalue weighted by molar-refractivity contribution is 7.99. The Balaban J connectivity index is 1.73. The molecule has 3 aromatic rings. The first-order valence-corrected chi connectivity index (χ1v) is 10.8. The van der Waals surface area contributed by atoms with Crippen molar-refractivity contribution in [1.29, 1.82) is 0 Å². The van der Waals surface area contributed by atoms with E-state index in [1.807, 2.05) is 22.6 Å². The second-order valence-corrected chi connectivity index (χ2v) is 8.55. The second-order valence-electron chi connectivity index (χ2n) is 7.61. The first-order chi connectivity index (χ1) is 14.0. The van der Waals surface area contributed by atoms with E-state index in [0.717, 1.165) is 12.8 Å². The number of aromatic nitrogens is 4. The molecule has 0 radical (unpaired) electrons. The Morgan fingerprint density at radius 1 is 1.21 bits per heavy atom. The predicted octanol–water partition coefficient (Wildman–Crippen LogP) is 2.33. The molecule has 1 saturated heterocycles. The molecule has 0 atom stereocenters. The molecule has 1 fully saturated rings. The van der Waals surface area contributed by atoms with Gasteiger partial charge in [0.25, 0.3) is 5.56 Å². The van der Waals surface area contributed by atoms with Crippen molar-refractivity contribution in [2.24, 2.45) is 5.92 Å². The number of hydrogen-bond acceptors (Lipinski definition) is 6. The van der Waals surface area contributed by atoms with E-state index in [0.29, 0.717) is 47.3 Å². The summed E-state index contributed by atoms with van der Waals surface area (Å²) in [5.41, 5.74) is 0.627. The zero-order chi connectivity index (χ0) is 20.5. The van der Waals surface area contributed by atoms with Crippen LogP contribution in [0.1, 0.15) is 33.1 Å². The fraction of sp³-hybridized carbons (Fsp3) is 0.450. The molecule has 4 rings (SSSR count). The topological polar surface area (TPSA) is 89.6 Å². The predicted molar refractivity (Wildman–Crippen MR) is 111 cm³/mol. The van der Waals surface area contributed by atoms with E-state index in [4.69, 9.17) is 0 Å². The van der Waals surface area contributed by atoms with Crippen LogP contribution < -0.4 is 5.56 Å². The van der Waals surface area contributed by atoms with E-state index < -0.39 is 0 Å². The van der Waals surface area contributed by atoms with Gasteiger partial charge in [-0.2, -0.15) is 0 Å². The Kier molecular flexibility index (Phi) is 5.40. The van der Waals surface area contributed by atoms with Gasteiger partial charge >= 0.3 is 0 Å². The van der Waals surface area contributed by atoms with Gasteiger partial charge in [0.05, 0.1) is 16.7 Å². The van der Waals surface area contributed by atoms with Crippen molar-refractivity contribution in [3.05, 3.63) is 34.6 Å². The summed E-state index contributed by atoms with van der Waals surface area (Å²) < 4.78 is 3.49. The number of nitrogens with zero attached hydrogens (tertiary/aromatic N) is 5. The largest absolute Gasteiger partial charge is 0.282 e. The van der Waals surface area contributed by atoms with Gasteiger partial charge in [-0.05, 0) is 30.9 Å². The molecule has 1 aromatic carbocycles. The van der Waals surface area contributed by atoms with Crippen LogP contribution in [0.3, 0.4) is 0 Å². The standard InChI is InChI=1S/C20H23N5O3S/c1-13(2)9-11-24-18(28)14-6-3-4-7-15(14)25-19(24)21-22-20(25)29-12-17(27)23-10-5-8-16(23)26/h3-4,6-7,13H,5,8-12H2,1-2H3. The first kappa shape index (κ1) is 19.6. The van der Waals surface area contributed by atoms with Gasteiger partial charge in [-0.3, -0.25) is 28.3 Å². The monoisotopic (exact) mass is 413 g/mol. The molecule has 152 valence electrons. The van der Waals surface area contributed by atoms with Crippen LogP contribution in [0.25, 0.3) is 16.7 Å². The Bertz CT molecular complexity index is 1150. The Hall–Kier alpha value is -2.68. The molecule has 0 saturated carbocycles. The maximum absolute atomic E-state index is 13.0. The molecule has 0 spiro atoms. The van der Waals surface area contributed by atoms with Gasteiger partial charge in [0, 0.05) is 19.5 Å². The summed E-state index contributed by atoms with van der Waals surface area (Å²) in [6, 6.07) is 7.35. The van der Waals surface area contributed by atoms with Crippen LogP contribution in [0.15, 0.2) is 34.2 Å². The molecule has 1 aliphatic rings. The van der Waals surface area contributed by atoms with E-state index in [1.54, 1.807) is 10.6 Å². The number of likely N-dealkylation sites (tertiary alicyclic amines) is 1. The van der Waals surface area contributed by atoms with Crippen molar-refractivity contribution in [3.8, 4) is 0 Å². The first-order valence-electron chi connectivity index (χ1n) is 9.80. The molecule has 2 amide bonds. The quantitative estimate of drug-likeness (QED) is 0.576. The number of imide groups is 1. The average molecular weight is 414 g/mol. The summed E-state index contributed by atoms with van der Waals surface area (Å²) in [5.74, 6) is 0.690. The highest BCUT2D eigenvalue weighted by atomic mass is 32.2. The van der Waals surface area contributed by atoms with Crippen LogP contribution in [-0.4, -0.2) is 48.2 Å². The normalized spacial score (nSPS) is 14.6. The average Bonchev–Trinajstić information content (AvgIpc) is 3.32. The van der Waals surface area contributed by atoms with Crippen LogP contribution in [0, 0.1) is 5.92 Å². The summed E-state index contributed by atoms with van der Waals surface area (Å²) in [4.78, 5) is 38.5. The van der Waals surface area contributed by atoms with E-state index in [9.17, 15) is 14.4 Å². The molecule has 0 unspecified atom stereocenters. The van der Waals surface area contributed by atoms with Crippen LogP contribution in [-0.2, 0) is 16.1 Å². The fourth-order valence-corrected chi connectivity index (χ4v) is 4.35. The van der Waals surface area contributed by atoms with Crippen molar-refractivity contribution >= 4 is 40.3 Å². The molecule has 3 heterocycles. The number of thioether (sulfide) groups is 1. The lowest BCUT2D eigenvalue weighted by Crippen LogP contribution is -2.33. The van der Waals surface area contributed by atoms with Crippen LogP contribution in [0.5, 0.6) is 0 Å². The third-order valence-corrected chi connectivity index (χ3v) is 6.02. The Morgan fingerprint density at radius 2 is 2.00 bits per heavy atom. The van der Waals surface area contributed by atoms with E-state index in [-0.39, 0.29) is 23.1 Å². The van der Waals surface area contributed by atoms with E-state index >= 15 is 0 Å². The summed E-state index contributed by atoms with van der Waals surface area (Å²) in [6.07, 6.45) is 1.99. The highest BCUT2D eigenvalue weighted by Crippen LogP contribution is 2.23. The number of rotatable bonds is 6. The van der Waals surface area contributed by atoms with E-state index in [2.05, 4.69) is 24.0 Å². The number of carbonyl (C=O) groups is 2. The SMILES string of the molecule is CC(C)CCn1c(=O)c2ccccc2n2c(SCC(=O)N3CCCC3=O)nnc12. The number of benzene rings is 1. The van der Waals surface area contributed by atoms with Gasteiger partial charge in [0.1, 0.15) is 0 Å². The van der Waals surface area contributed by atoms with Crippen molar-refractivity contribution in [3.63, 3.8) is 0 Å². The van der Waals surface area contributed by atoms with Gasteiger partial charge in [0.15, 0.2) is 5.16 Å². The van der Waals surface area contributed by atoms with E-state index in [1.165, 1.54) is 16.7 Å². The zero-order valence-corrected chi connectivity index (χ0v) is 17.3. The number of carbonyl (C=O) groups excluding carboxylic acids is 2. The number of para-hydroxylation sites is 1. The zero-order valence-electron chi connectivity index (χ0n) is 16.5. The molecular weight excluding hydrogens is 390 g/mol. The number of amides is 2. The minimum atomic E-state index is -0.216. The molecule has 9 heteroatoms. The van der Waals surface area contributed by atoms with Crippen molar-refractivity contribution < 1.29 is 9.59 Å². The smallest absolute Gasteiger partial charge is 0.262 e. The molecular formula is C20H23N5O3S.